The molecular weight excluding hydrogens is 222 g/mol. The molecule has 0 amide bonds. The molecular formula is C15H15N3. The zero-order valence-corrected chi connectivity index (χ0v) is 10.4. The van der Waals surface area contributed by atoms with Crippen molar-refractivity contribution in [3.8, 4) is 11.8 Å². The summed E-state index contributed by atoms with van der Waals surface area (Å²) in [7, 11) is 0. The fourth-order valence-corrected chi connectivity index (χ4v) is 2.11. The minimum atomic E-state index is 0.839. The number of hydrogen-bond acceptors (Lipinski definition) is 2. The zero-order chi connectivity index (χ0) is 12.4. The van der Waals surface area contributed by atoms with E-state index in [1.165, 1.54) is 5.56 Å². The third-order valence-corrected chi connectivity index (χ3v) is 3.02. The Morgan fingerprint density at radius 2 is 2.28 bits per heavy atom. The number of aryl methyl sites for hydroxylation is 1. The molecule has 3 nitrogen and oxygen atoms in total. The lowest BCUT2D eigenvalue weighted by Crippen LogP contribution is -2.27. The quantitative estimate of drug-likeness (QED) is 0.707. The lowest BCUT2D eigenvalue weighted by molar-refractivity contribution is 0.505. The molecule has 1 aromatic carbocycles. The minimum absolute atomic E-state index is 0.839. The van der Waals surface area contributed by atoms with E-state index in [4.69, 9.17) is 0 Å². The van der Waals surface area contributed by atoms with Crippen molar-refractivity contribution in [2.45, 2.75) is 20.0 Å². The maximum absolute atomic E-state index is 4.52. The van der Waals surface area contributed by atoms with E-state index in [1.54, 1.807) is 0 Å². The van der Waals surface area contributed by atoms with Gasteiger partial charge in [-0.15, -0.1) is 0 Å². The standard InChI is InChI=1S/C15H15N3/c1-12-3-2-4-13(9-12)5-6-14-11-18-8-7-16-10-15(18)17-14/h2-4,9,11,16H,7-8,10H2,1H3. The molecule has 0 spiro atoms. The Kier molecular flexibility index (Phi) is 2.87. The van der Waals surface area contributed by atoms with Crippen LogP contribution in [0.1, 0.15) is 22.6 Å². The van der Waals surface area contributed by atoms with Crippen molar-refractivity contribution in [2.75, 3.05) is 6.54 Å². The van der Waals surface area contributed by atoms with Crippen LogP contribution in [0.2, 0.25) is 0 Å². The van der Waals surface area contributed by atoms with E-state index in [-0.39, 0.29) is 0 Å². The number of rotatable bonds is 0. The molecule has 90 valence electrons. The molecule has 1 N–H and O–H groups in total. The van der Waals surface area contributed by atoms with Gasteiger partial charge in [0.1, 0.15) is 11.5 Å². The van der Waals surface area contributed by atoms with E-state index in [2.05, 4.69) is 45.8 Å². The Labute approximate surface area is 107 Å². The van der Waals surface area contributed by atoms with Crippen LogP contribution in [-0.4, -0.2) is 16.1 Å². The molecule has 2 heterocycles. The van der Waals surface area contributed by atoms with Gasteiger partial charge in [-0.25, -0.2) is 4.98 Å². The van der Waals surface area contributed by atoms with Crippen molar-refractivity contribution in [1.29, 1.82) is 0 Å². The highest BCUT2D eigenvalue weighted by molar-refractivity contribution is 5.41. The molecule has 0 radical (unpaired) electrons. The molecule has 0 fully saturated rings. The molecule has 1 aromatic heterocycles. The molecule has 18 heavy (non-hydrogen) atoms. The number of aromatic nitrogens is 2. The van der Waals surface area contributed by atoms with Gasteiger partial charge in [0.2, 0.25) is 0 Å². The Hall–Kier alpha value is -2.05. The van der Waals surface area contributed by atoms with Crippen LogP contribution in [-0.2, 0) is 13.1 Å². The van der Waals surface area contributed by atoms with Crippen LogP contribution in [0.25, 0.3) is 0 Å². The highest BCUT2D eigenvalue weighted by atomic mass is 15.1. The molecule has 1 aliphatic rings. The summed E-state index contributed by atoms with van der Waals surface area (Å²) < 4.78 is 2.18. The number of nitrogens with one attached hydrogen (secondary N) is 1. The molecule has 1 aliphatic heterocycles. The molecule has 0 aliphatic carbocycles. The average Bonchev–Trinajstić information content (AvgIpc) is 2.79. The molecule has 3 rings (SSSR count). The second-order valence-corrected chi connectivity index (χ2v) is 4.53. The first-order chi connectivity index (χ1) is 8.81. The smallest absolute Gasteiger partial charge is 0.131 e. The van der Waals surface area contributed by atoms with Crippen LogP contribution < -0.4 is 5.32 Å². The Balaban J connectivity index is 1.87. The van der Waals surface area contributed by atoms with Gasteiger partial charge < -0.3 is 9.88 Å². The summed E-state index contributed by atoms with van der Waals surface area (Å²) in [6.07, 6.45) is 2.04. The van der Waals surface area contributed by atoms with Crippen LogP contribution >= 0.6 is 0 Å². The summed E-state index contributed by atoms with van der Waals surface area (Å²) in [4.78, 5) is 4.52. The average molecular weight is 237 g/mol. The maximum Gasteiger partial charge on any atom is 0.131 e. The second kappa shape index (κ2) is 4.67. The second-order valence-electron chi connectivity index (χ2n) is 4.53. The van der Waals surface area contributed by atoms with Gasteiger partial charge in [-0.3, -0.25) is 0 Å². The van der Waals surface area contributed by atoms with Gasteiger partial charge in [-0.05, 0) is 30.5 Å². The summed E-state index contributed by atoms with van der Waals surface area (Å²) in [5, 5.41) is 3.30. The van der Waals surface area contributed by atoms with Crippen molar-refractivity contribution in [3.63, 3.8) is 0 Å². The van der Waals surface area contributed by atoms with Crippen LogP contribution in [0, 0.1) is 18.8 Å². The fraction of sp³-hybridized carbons (Fsp3) is 0.267. The first-order valence-corrected chi connectivity index (χ1v) is 6.17. The summed E-state index contributed by atoms with van der Waals surface area (Å²) in [6.45, 7) is 4.90. The molecule has 0 saturated heterocycles. The lowest BCUT2D eigenvalue weighted by Gasteiger charge is -2.13. The van der Waals surface area contributed by atoms with Crippen molar-refractivity contribution in [3.05, 3.63) is 53.1 Å². The Morgan fingerprint density at radius 3 is 3.11 bits per heavy atom. The van der Waals surface area contributed by atoms with Crippen LogP contribution in [0.4, 0.5) is 0 Å². The number of fused-ring (bicyclic) bond motifs is 1. The topological polar surface area (TPSA) is 29.9 Å². The highest BCUT2D eigenvalue weighted by Crippen LogP contribution is 2.06. The van der Waals surface area contributed by atoms with Gasteiger partial charge in [0.25, 0.3) is 0 Å². The number of hydrogen-bond donors (Lipinski definition) is 1. The van der Waals surface area contributed by atoms with Gasteiger partial charge >= 0.3 is 0 Å². The van der Waals surface area contributed by atoms with Crippen molar-refractivity contribution < 1.29 is 0 Å². The van der Waals surface area contributed by atoms with Crippen LogP contribution in [0.15, 0.2) is 30.5 Å². The molecule has 0 unspecified atom stereocenters. The van der Waals surface area contributed by atoms with Gasteiger partial charge in [0, 0.05) is 24.8 Å². The number of nitrogens with zero attached hydrogens (tertiary/aromatic N) is 2. The first kappa shape index (κ1) is 11.1. The summed E-state index contributed by atoms with van der Waals surface area (Å²) in [6, 6.07) is 8.22. The van der Waals surface area contributed by atoms with Crippen LogP contribution in [0.5, 0.6) is 0 Å². The van der Waals surface area contributed by atoms with Crippen molar-refractivity contribution >= 4 is 0 Å². The number of imidazole rings is 1. The van der Waals surface area contributed by atoms with E-state index in [0.29, 0.717) is 0 Å². The van der Waals surface area contributed by atoms with Gasteiger partial charge in [0.05, 0.1) is 6.54 Å². The monoisotopic (exact) mass is 237 g/mol. The summed E-state index contributed by atoms with van der Waals surface area (Å²) in [5.74, 6) is 7.38. The Morgan fingerprint density at radius 1 is 1.33 bits per heavy atom. The predicted octanol–water partition coefficient (Wildman–Crippen LogP) is 1.69. The largest absolute Gasteiger partial charge is 0.331 e. The SMILES string of the molecule is Cc1cccc(C#Cc2cn3c(n2)CNCC3)c1. The predicted molar refractivity (Wildman–Crippen MR) is 71.1 cm³/mol. The molecule has 2 aromatic rings. The van der Waals surface area contributed by atoms with Gasteiger partial charge in [-0.2, -0.15) is 0 Å². The van der Waals surface area contributed by atoms with E-state index < -0.39 is 0 Å². The minimum Gasteiger partial charge on any atom is -0.331 e. The fourth-order valence-electron chi connectivity index (χ4n) is 2.11. The third-order valence-electron chi connectivity index (χ3n) is 3.02. The van der Waals surface area contributed by atoms with Crippen LogP contribution in [0.3, 0.4) is 0 Å². The molecule has 0 saturated carbocycles. The highest BCUT2D eigenvalue weighted by Gasteiger charge is 2.09. The summed E-state index contributed by atoms with van der Waals surface area (Å²) >= 11 is 0. The van der Waals surface area contributed by atoms with Crippen molar-refractivity contribution in [1.82, 2.24) is 14.9 Å². The van der Waals surface area contributed by atoms with Gasteiger partial charge in [0.15, 0.2) is 0 Å². The third kappa shape index (κ3) is 2.29. The van der Waals surface area contributed by atoms with Gasteiger partial charge in [-0.1, -0.05) is 18.1 Å². The van der Waals surface area contributed by atoms with E-state index >= 15 is 0 Å². The molecule has 3 heteroatoms. The first-order valence-electron chi connectivity index (χ1n) is 6.17. The summed E-state index contributed by atoms with van der Waals surface area (Å²) in [5.41, 5.74) is 3.13. The number of benzene rings is 1. The lowest BCUT2D eigenvalue weighted by atomic mass is 10.1. The zero-order valence-electron chi connectivity index (χ0n) is 10.4. The maximum atomic E-state index is 4.52. The molecule has 0 atom stereocenters. The van der Waals surface area contributed by atoms with E-state index in [9.17, 15) is 0 Å². The normalized spacial score (nSPS) is 13.6. The molecule has 0 bridgehead atoms. The van der Waals surface area contributed by atoms with Crippen molar-refractivity contribution in [2.24, 2.45) is 0 Å². The van der Waals surface area contributed by atoms with E-state index in [1.807, 2.05) is 18.3 Å². The Bertz CT molecular complexity index is 605. The van der Waals surface area contributed by atoms with E-state index in [0.717, 1.165) is 36.7 Å².